The standard InChI is InChI=1S/C19H15BrN2O2S/c1-24-17-9-8-14(11-15(17)20)16-12-25-19(21-16)22-18(23)10-7-13-5-3-2-4-6-13/h2-12H,1H3,(H,21,22,23). The van der Waals surface area contributed by atoms with Crippen LogP contribution in [0.4, 0.5) is 5.13 Å². The van der Waals surface area contributed by atoms with Gasteiger partial charge in [0.1, 0.15) is 5.75 Å². The number of benzene rings is 2. The Morgan fingerprint density at radius 2 is 2.04 bits per heavy atom. The number of thiazole rings is 1. The molecule has 0 spiro atoms. The van der Waals surface area contributed by atoms with Crippen molar-refractivity contribution in [1.82, 2.24) is 4.98 Å². The molecule has 0 saturated heterocycles. The molecule has 3 rings (SSSR count). The largest absolute Gasteiger partial charge is 0.496 e. The Hall–Kier alpha value is -2.44. The van der Waals surface area contributed by atoms with Gasteiger partial charge in [-0.15, -0.1) is 11.3 Å². The number of hydrogen-bond donors (Lipinski definition) is 1. The highest BCUT2D eigenvalue weighted by Crippen LogP contribution is 2.32. The zero-order chi connectivity index (χ0) is 17.6. The molecule has 1 N–H and O–H groups in total. The molecule has 0 atom stereocenters. The lowest BCUT2D eigenvalue weighted by atomic mass is 10.2. The number of methoxy groups -OCH3 is 1. The minimum absolute atomic E-state index is 0.208. The summed E-state index contributed by atoms with van der Waals surface area (Å²) in [5.74, 6) is 0.555. The van der Waals surface area contributed by atoms with Gasteiger partial charge in [0.15, 0.2) is 5.13 Å². The van der Waals surface area contributed by atoms with E-state index in [1.807, 2.05) is 53.9 Å². The fraction of sp³-hybridized carbons (Fsp3) is 0.0526. The van der Waals surface area contributed by atoms with Crippen LogP contribution in [0, 0.1) is 0 Å². The molecule has 6 heteroatoms. The molecule has 1 heterocycles. The number of nitrogens with one attached hydrogen (secondary N) is 1. The van der Waals surface area contributed by atoms with Crippen molar-refractivity contribution in [1.29, 1.82) is 0 Å². The van der Waals surface area contributed by atoms with E-state index in [-0.39, 0.29) is 5.91 Å². The van der Waals surface area contributed by atoms with Crippen LogP contribution in [-0.2, 0) is 4.79 Å². The third-order valence-electron chi connectivity index (χ3n) is 3.41. The molecule has 4 nitrogen and oxygen atoms in total. The van der Waals surface area contributed by atoms with Gasteiger partial charge in [-0.1, -0.05) is 30.3 Å². The number of halogens is 1. The second-order valence-electron chi connectivity index (χ2n) is 5.12. The first kappa shape index (κ1) is 17.4. The Morgan fingerprint density at radius 1 is 1.24 bits per heavy atom. The molecule has 0 aliphatic heterocycles. The number of hydrogen-bond acceptors (Lipinski definition) is 4. The Kier molecular flexibility index (Phi) is 5.63. The zero-order valence-corrected chi connectivity index (χ0v) is 15.8. The van der Waals surface area contributed by atoms with Crippen LogP contribution in [0.1, 0.15) is 5.56 Å². The van der Waals surface area contributed by atoms with Crippen LogP contribution >= 0.6 is 27.3 Å². The van der Waals surface area contributed by atoms with Gasteiger partial charge < -0.3 is 4.74 Å². The second kappa shape index (κ2) is 8.09. The molecule has 0 fully saturated rings. The van der Waals surface area contributed by atoms with Crippen molar-refractivity contribution < 1.29 is 9.53 Å². The average molecular weight is 415 g/mol. The summed E-state index contributed by atoms with van der Waals surface area (Å²) < 4.78 is 6.09. The maximum Gasteiger partial charge on any atom is 0.250 e. The van der Waals surface area contributed by atoms with Crippen molar-refractivity contribution in [2.24, 2.45) is 0 Å². The number of anilines is 1. The summed E-state index contributed by atoms with van der Waals surface area (Å²) in [6.07, 6.45) is 3.27. The van der Waals surface area contributed by atoms with Gasteiger partial charge in [-0.25, -0.2) is 4.98 Å². The van der Waals surface area contributed by atoms with Crippen molar-refractivity contribution >= 4 is 44.4 Å². The summed E-state index contributed by atoms with van der Waals surface area (Å²) in [6, 6.07) is 15.4. The molecule has 0 saturated carbocycles. The third-order valence-corrected chi connectivity index (χ3v) is 4.79. The van der Waals surface area contributed by atoms with Gasteiger partial charge in [0.2, 0.25) is 5.91 Å². The first-order valence-corrected chi connectivity index (χ1v) is 9.16. The van der Waals surface area contributed by atoms with Crippen LogP contribution in [-0.4, -0.2) is 18.0 Å². The lowest BCUT2D eigenvalue weighted by Crippen LogP contribution is -2.07. The summed E-state index contributed by atoms with van der Waals surface area (Å²) in [5, 5.41) is 5.25. The Bertz CT molecular complexity index is 907. The number of nitrogens with zero attached hydrogens (tertiary/aromatic N) is 1. The zero-order valence-electron chi connectivity index (χ0n) is 13.4. The number of aromatic nitrogens is 1. The predicted molar refractivity (Wildman–Crippen MR) is 106 cm³/mol. The highest BCUT2D eigenvalue weighted by molar-refractivity contribution is 9.10. The quantitative estimate of drug-likeness (QED) is 0.581. The molecule has 2 aromatic carbocycles. The maximum absolute atomic E-state index is 12.0. The summed E-state index contributed by atoms with van der Waals surface area (Å²) in [6.45, 7) is 0. The van der Waals surface area contributed by atoms with Gasteiger partial charge in [0.25, 0.3) is 0 Å². The van der Waals surface area contributed by atoms with E-state index in [2.05, 4.69) is 26.2 Å². The lowest BCUT2D eigenvalue weighted by molar-refractivity contribution is -0.111. The van der Waals surface area contributed by atoms with E-state index >= 15 is 0 Å². The van der Waals surface area contributed by atoms with Crippen molar-refractivity contribution in [2.75, 3.05) is 12.4 Å². The van der Waals surface area contributed by atoms with E-state index in [9.17, 15) is 4.79 Å². The van der Waals surface area contributed by atoms with Crippen LogP contribution in [0.25, 0.3) is 17.3 Å². The van der Waals surface area contributed by atoms with Gasteiger partial charge in [-0.2, -0.15) is 0 Å². The third kappa shape index (κ3) is 4.55. The molecule has 0 aliphatic carbocycles. The van der Waals surface area contributed by atoms with Crippen molar-refractivity contribution in [2.45, 2.75) is 0 Å². The summed E-state index contributed by atoms with van der Waals surface area (Å²) in [5.41, 5.74) is 2.72. The van der Waals surface area contributed by atoms with Crippen LogP contribution in [0.5, 0.6) is 5.75 Å². The highest BCUT2D eigenvalue weighted by atomic mass is 79.9. The molecule has 25 heavy (non-hydrogen) atoms. The van der Waals surface area contributed by atoms with E-state index < -0.39 is 0 Å². The fourth-order valence-electron chi connectivity index (χ4n) is 2.17. The van der Waals surface area contributed by atoms with Crippen LogP contribution in [0.3, 0.4) is 0 Å². The minimum atomic E-state index is -0.208. The SMILES string of the molecule is COc1ccc(-c2csc(NC(=O)C=Cc3ccccc3)n2)cc1Br. The predicted octanol–water partition coefficient (Wildman–Crippen LogP) is 5.23. The number of rotatable bonds is 5. The fourth-order valence-corrected chi connectivity index (χ4v) is 3.44. The van der Waals surface area contributed by atoms with Crippen molar-refractivity contribution in [3.8, 4) is 17.0 Å². The van der Waals surface area contributed by atoms with Crippen LogP contribution in [0.2, 0.25) is 0 Å². The van der Waals surface area contributed by atoms with Crippen molar-refractivity contribution in [3.05, 3.63) is 70.0 Å². The van der Waals surface area contributed by atoms with Crippen molar-refractivity contribution in [3.63, 3.8) is 0 Å². The molecular weight excluding hydrogens is 400 g/mol. The number of carbonyl (C=O) groups excluding carboxylic acids is 1. The molecular formula is C19H15BrN2O2S. The van der Waals surface area contributed by atoms with Gasteiger partial charge in [0, 0.05) is 17.0 Å². The molecule has 0 aliphatic rings. The van der Waals surface area contributed by atoms with E-state index in [1.54, 1.807) is 13.2 Å². The summed E-state index contributed by atoms with van der Waals surface area (Å²) in [4.78, 5) is 16.5. The average Bonchev–Trinajstić information content (AvgIpc) is 3.09. The Balaban J connectivity index is 1.68. The normalized spacial score (nSPS) is 10.8. The number of ether oxygens (including phenoxy) is 1. The highest BCUT2D eigenvalue weighted by Gasteiger charge is 2.08. The van der Waals surface area contributed by atoms with E-state index in [0.717, 1.165) is 27.0 Å². The van der Waals surface area contributed by atoms with Gasteiger partial charge in [-0.05, 0) is 45.8 Å². The number of amides is 1. The first-order chi connectivity index (χ1) is 12.2. The topological polar surface area (TPSA) is 51.2 Å². The van der Waals surface area contributed by atoms with Crippen LogP contribution < -0.4 is 10.1 Å². The summed E-state index contributed by atoms with van der Waals surface area (Å²) in [7, 11) is 1.62. The smallest absolute Gasteiger partial charge is 0.250 e. The molecule has 0 unspecified atom stereocenters. The van der Waals surface area contributed by atoms with E-state index in [4.69, 9.17) is 4.74 Å². The summed E-state index contributed by atoms with van der Waals surface area (Å²) >= 11 is 4.85. The van der Waals surface area contributed by atoms with Crippen LogP contribution in [0.15, 0.2) is 64.5 Å². The van der Waals surface area contributed by atoms with Gasteiger partial charge in [-0.3, -0.25) is 10.1 Å². The molecule has 3 aromatic rings. The molecule has 126 valence electrons. The first-order valence-electron chi connectivity index (χ1n) is 7.49. The molecule has 1 aromatic heterocycles. The second-order valence-corrected chi connectivity index (χ2v) is 6.83. The molecule has 1 amide bonds. The van der Waals surface area contributed by atoms with E-state index in [1.165, 1.54) is 17.4 Å². The Morgan fingerprint density at radius 3 is 2.76 bits per heavy atom. The Labute approximate surface area is 158 Å². The molecule has 0 bridgehead atoms. The number of carbonyl (C=O) groups is 1. The minimum Gasteiger partial charge on any atom is -0.496 e. The molecule has 0 radical (unpaired) electrons. The lowest BCUT2D eigenvalue weighted by Gasteiger charge is -2.04. The monoisotopic (exact) mass is 414 g/mol. The van der Waals surface area contributed by atoms with Gasteiger partial charge >= 0.3 is 0 Å². The van der Waals surface area contributed by atoms with Gasteiger partial charge in [0.05, 0.1) is 17.3 Å². The van der Waals surface area contributed by atoms with E-state index in [0.29, 0.717) is 5.13 Å². The maximum atomic E-state index is 12.0.